The van der Waals surface area contributed by atoms with Gasteiger partial charge in [0, 0.05) is 23.8 Å². The molecule has 2 aromatic rings. The largest absolute Gasteiger partial charge is 0.496 e. The Morgan fingerprint density at radius 2 is 1.88 bits per heavy atom. The highest BCUT2D eigenvalue weighted by Crippen LogP contribution is 2.31. The van der Waals surface area contributed by atoms with Crippen LogP contribution >= 0.6 is 11.6 Å². The van der Waals surface area contributed by atoms with Gasteiger partial charge in [-0.3, -0.25) is 14.9 Å². The molecule has 2 rings (SSSR count). The van der Waals surface area contributed by atoms with Crippen molar-refractivity contribution in [2.24, 2.45) is 5.10 Å². The van der Waals surface area contributed by atoms with Crippen LogP contribution in [-0.2, 0) is 11.2 Å². The molecule has 0 heterocycles. The molecule has 0 fully saturated rings. The number of hydrogen-bond acceptors (Lipinski definition) is 6. The van der Waals surface area contributed by atoms with Crippen molar-refractivity contribution in [1.82, 2.24) is 5.43 Å². The molecule has 0 atom stereocenters. The van der Waals surface area contributed by atoms with Gasteiger partial charge < -0.3 is 9.47 Å². The first-order valence-corrected chi connectivity index (χ1v) is 7.79. The number of nitro benzene ring substituents is 1. The van der Waals surface area contributed by atoms with Crippen LogP contribution in [0.5, 0.6) is 11.5 Å². The molecule has 0 aliphatic carbocycles. The monoisotopic (exact) mass is 377 g/mol. The van der Waals surface area contributed by atoms with Gasteiger partial charge in [-0.15, -0.1) is 0 Å². The topological polar surface area (TPSA) is 103 Å². The lowest BCUT2D eigenvalue weighted by Crippen LogP contribution is -2.19. The summed E-state index contributed by atoms with van der Waals surface area (Å²) in [5, 5.41) is 14.9. The van der Waals surface area contributed by atoms with Crippen LogP contribution in [0.15, 0.2) is 41.5 Å². The highest BCUT2D eigenvalue weighted by molar-refractivity contribution is 6.32. The fourth-order valence-corrected chi connectivity index (χ4v) is 2.37. The third-order valence-electron chi connectivity index (χ3n) is 3.41. The molecule has 2 aromatic carbocycles. The summed E-state index contributed by atoms with van der Waals surface area (Å²) < 4.78 is 10.3. The number of benzene rings is 2. The fourth-order valence-electron chi connectivity index (χ4n) is 2.12. The Morgan fingerprint density at radius 3 is 2.46 bits per heavy atom. The summed E-state index contributed by atoms with van der Waals surface area (Å²) in [7, 11) is 2.99. The molecule has 9 heteroatoms. The van der Waals surface area contributed by atoms with E-state index in [2.05, 4.69) is 10.5 Å². The minimum absolute atomic E-state index is 0.0318. The van der Waals surface area contributed by atoms with E-state index in [9.17, 15) is 14.9 Å². The van der Waals surface area contributed by atoms with Gasteiger partial charge in [-0.2, -0.15) is 5.10 Å². The molecule has 0 aliphatic rings. The van der Waals surface area contributed by atoms with Crippen LogP contribution in [0.1, 0.15) is 11.1 Å². The number of methoxy groups -OCH3 is 2. The van der Waals surface area contributed by atoms with Crippen molar-refractivity contribution in [1.29, 1.82) is 0 Å². The van der Waals surface area contributed by atoms with Crippen molar-refractivity contribution in [2.45, 2.75) is 6.42 Å². The summed E-state index contributed by atoms with van der Waals surface area (Å²) in [5.41, 5.74) is 3.55. The first-order chi connectivity index (χ1) is 12.4. The maximum absolute atomic E-state index is 11.9. The minimum Gasteiger partial charge on any atom is -0.496 e. The summed E-state index contributed by atoms with van der Waals surface area (Å²) >= 11 is 6.06. The Hall–Kier alpha value is -3.13. The van der Waals surface area contributed by atoms with E-state index in [1.165, 1.54) is 44.7 Å². The van der Waals surface area contributed by atoms with Gasteiger partial charge in [-0.25, -0.2) is 5.43 Å². The van der Waals surface area contributed by atoms with Gasteiger partial charge in [0.2, 0.25) is 5.91 Å². The van der Waals surface area contributed by atoms with Crippen LogP contribution < -0.4 is 14.9 Å². The smallest absolute Gasteiger partial charge is 0.269 e. The molecule has 0 radical (unpaired) electrons. The van der Waals surface area contributed by atoms with Gasteiger partial charge in [0.15, 0.2) is 0 Å². The zero-order chi connectivity index (χ0) is 19.1. The van der Waals surface area contributed by atoms with Crippen LogP contribution in [0.25, 0.3) is 0 Å². The van der Waals surface area contributed by atoms with Crippen molar-refractivity contribution < 1.29 is 19.2 Å². The molecule has 26 heavy (non-hydrogen) atoms. The van der Waals surface area contributed by atoms with Gasteiger partial charge in [0.1, 0.15) is 11.5 Å². The molecule has 0 spiro atoms. The van der Waals surface area contributed by atoms with Crippen molar-refractivity contribution in [3.05, 3.63) is 62.7 Å². The van der Waals surface area contributed by atoms with Crippen LogP contribution in [0.2, 0.25) is 5.02 Å². The summed E-state index contributed by atoms with van der Waals surface area (Å²) in [5.74, 6) is 0.580. The van der Waals surface area contributed by atoms with E-state index in [0.29, 0.717) is 27.6 Å². The van der Waals surface area contributed by atoms with Crippen molar-refractivity contribution in [3.8, 4) is 11.5 Å². The minimum atomic E-state index is -0.498. The molecular formula is C17H16ClN3O5. The SMILES string of the molecule is COc1cc(OC)c(/C=N\NC(=O)Cc2ccc([N+](=O)[O-])cc2)cc1Cl. The predicted molar refractivity (Wildman–Crippen MR) is 97.1 cm³/mol. The molecule has 0 bridgehead atoms. The first kappa shape index (κ1) is 19.2. The molecule has 0 aliphatic heterocycles. The Labute approximate surface area is 154 Å². The number of hydrazone groups is 1. The van der Waals surface area contributed by atoms with E-state index in [0.717, 1.165) is 0 Å². The van der Waals surface area contributed by atoms with Crippen LogP contribution in [0, 0.1) is 10.1 Å². The average Bonchev–Trinajstić information content (AvgIpc) is 2.62. The van der Waals surface area contributed by atoms with E-state index < -0.39 is 4.92 Å². The third-order valence-corrected chi connectivity index (χ3v) is 3.70. The maximum atomic E-state index is 11.9. The Kier molecular flexibility index (Phi) is 6.51. The molecule has 1 N–H and O–H groups in total. The number of non-ortho nitro benzene ring substituents is 1. The van der Waals surface area contributed by atoms with E-state index in [-0.39, 0.29) is 18.0 Å². The van der Waals surface area contributed by atoms with Gasteiger partial charge >= 0.3 is 0 Å². The number of nitrogens with zero attached hydrogens (tertiary/aromatic N) is 2. The zero-order valence-electron chi connectivity index (χ0n) is 14.1. The van der Waals surface area contributed by atoms with Crippen molar-refractivity contribution in [3.63, 3.8) is 0 Å². The molecule has 0 unspecified atom stereocenters. The lowest BCUT2D eigenvalue weighted by molar-refractivity contribution is -0.384. The maximum Gasteiger partial charge on any atom is 0.269 e. The normalized spacial score (nSPS) is 10.6. The molecule has 0 aromatic heterocycles. The second-order valence-corrected chi connectivity index (χ2v) is 5.53. The fraction of sp³-hybridized carbons (Fsp3) is 0.176. The van der Waals surface area contributed by atoms with E-state index in [4.69, 9.17) is 21.1 Å². The highest BCUT2D eigenvalue weighted by Gasteiger charge is 2.09. The van der Waals surface area contributed by atoms with Gasteiger partial charge in [-0.1, -0.05) is 23.7 Å². The number of amides is 1. The number of halogens is 1. The highest BCUT2D eigenvalue weighted by atomic mass is 35.5. The number of ether oxygens (including phenoxy) is 2. The number of rotatable bonds is 7. The Morgan fingerprint density at radius 1 is 1.23 bits per heavy atom. The van der Waals surface area contributed by atoms with Crippen molar-refractivity contribution in [2.75, 3.05) is 14.2 Å². The van der Waals surface area contributed by atoms with Crippen LogP contribution in [-0.4, -0.2) is 31.3 Å². The van der Waals surface area contributed by atoms with Gasteiger partial charge in [0.05, 0.1) is 36.8 Å². The van der Waals surface area contributed by atoms with Gasteiger partial charge in [0.25, 0.3) is 5.69 Å². The van der Waals surface area contributed by atoms with E-state index >= 15 is 0 Å². The van der Waals surface area contributed by atoms with Gasteiger partial charge in [-0.05, 0) is 11.6 Å². The van der Waals surface area contributed by atoms with Crippen LogP contribution in [0.3, 0.4) is 0 Å². The molecule has 0 saturated carbocycles. The zero-order valence-corrected chi connectivity index (χ0v) is 14.8. The molecule has 0 saturated heterocycles. The number of nitro groups is 1. The first-order valence-electron chi connectivity index (χ1n) is 7.41. The lowest BCUT2D eigenvalue weighted by atomic mass is 10.1. The molecule has 8 nitrogen and oxygen atoms in total. The quantitative estimate of drug-likeness (QED) is 0.454. The number of carbonyl (C=O) groups is 1. The van der Waals surface area contributed by atoms with Crippen LogP contribution in [0.4, 0.5) is 5.69 Å². The Balaban J connectivity index is 2.00. The van der Waals surface area contributed by atoms with E-state index in [1.54, 1.807) is 12.1 Å². The van der Waals surface area contributed by atoms with Crippen molar-refractivity contribution >= 4 is 29.4 Å². The van der Waals surface area contributed by atoms with E-state index in [1.807, 2.05) is 0 Å². The standard InChI is InChI=1S/C17H16ClN3O5/c1-25-15-9-16(26-2)14(18)8-12(15)10-19-20-17(22)7-11-3-5-13(6-4-11)21(23)24/h3-6,8-10H,7H2,1-2H3,(H,20,22)/b19-10-. The summed E-state index contributed by atoms with van der Waals surface area (Å²) in [4.78, 5) is 22.0. The second kappa shape index (κ2) is 8.82. The summed E-state index contributed by atoms with van der Waals surface area (Å²) in [6, 6.07) is 8.95. The number of nitrogens with one attached hydrogen (secondary N) is 1. The third kappa shape index (κ3) is 4.93. The lowest BCUT2D eigenvalue weighted by Gasteiger charge is -2.09. The molecular weight excluding hydrogens is 362 g/mol. The summed E-state index contributed by atoms with van der Waals surface area (Å²) in [6.07, 6.45) is 1.44. The number of carbonyl (C=O) groups excluding carboxylic acids is 1. The Bertz CT molecular complexity index is 837. The molecule has 1 amide bonds. The average molecular weight is 378 g/mol. The predicted octanol–water partition coefficient (Wildman–Crippen LogP) is 2.96. The second-order valence-electron chi connectivity index (χ2n) is 5.12. The summed E-state index contributed by atoms with van der Waals surface area (Å²) in [6.45, 7) is 0. The molecule has 136 valence electrons. The number of hydrogen-bond donors (Lipinski definition) is 1.